The molecule has 4 rings (SSSR count). The van der Waals surface area contributed by atoms with Crippen LogP contribution in [0.2, 0.25) is 0 Å². The molecule has 2 nitrogen and oxygen atoms in total. The average Bonchev–Trinajstić information content (AvgIpc) is 3.31. The minimum atomic E-state index is 0.616. The maximum absolute atomic E-state index is 4.81. The lowest BCUT2D eigenvalue weighted by Crippen LogP contribution is -2.16. The molecule has 0 aliphatic heterocycles. The summed E-state index contributed by atoms with van der Waals surface area (Å²) in [7, 11) is 0. The van der Waals surface area contributed by atoms with E-state index in [1.54, 1.807) is 0 Å². The molecule has 0 amide bonds. The first-order valence-corrected chi connectivity index (χ1v) is 13.0. The minimum Gasteiger partial charge on any atom is -0.342 e. The second-order valence-electron chi connectivity index (χ2n) is 10.0. The molecule has 2 fully saturated rings. The van der Waals surface area contributed by atoms with Crippen molar-refractivity contribution in [2.45, 2.75) is 109 Å². The van der Waals surface area contributed by atoms with Crippen LogP contribution >= 0.6 is 0 Å². The Balaban J connectivity index is 1.34. The maximum Gasteiger partial charge on any atom is 0.109 e. The van der Waals surface area contributed by atoms with Crippen LogP contribution in [0, 0.1) is 11.8 Å². The fourth-order valence-electron chi connectivity index (χ4n) is 6.08. The second kappa shape index (κ2) is 11.7. The van der Waals surface area contributed by atoms with Crippen LogP contribution in [0.25, 0.3) is 11.3 Å². The van der Waals surface area contributed by atoms with Crippen LogP contribution in [0.1, 0.15) is 114 Å². The van der Waals surface area contributed by atoms with Gasteiger partial charge in [0.05, 0.1) is 11.9 Å². The van der Waals surface area contributed by atoms with E-state index in [1.165, 1.54) is 120 Å². The van der Waals surface area contributed by atoms with E-state index >= 15 is 0 Å². The van der Waals surface area contributed by atoms with Crippen molar-refractivity contribution in [1.29, 1.82) is 0 Å². The molecule has 2 aliphatic rings. The van der Waals surface area contributed by atoms with E-state index in [2.05, 4.69) is 35.3 Å². The van der Waals surface area contributed by atoms with Crippen molar-refractivity contribution in [3.05, 3.63) is 42.4 Å². The van der Waals surface area contributed by atoms with Crippen molar-refractivity contribution in [2.75, 3.05) is 0 Å². The zero-order chi connectivity index (χ0) is 20.4. The summed E-state index contributed by atoms with van der Waals surface area (Å²) < 4.78 is 0. The lowest BCUT2D eigenvalue weighted by atomic mass is 9.78. The van der Waals surface area contributed by atoms with Crippen LogP contribution in [0.4, 0.5) is 0 Å². The first-order chi connectivity index (χ1) is 14.9. The molecule has 1 aromatic heterocycles. The van der Waals surface area contributed by atoms with E-state index in [1.807, 2.05) is 6.20 Å². The third-order valence-electron chi connectivity index (χ3n) is 7.89. The fraction of sp³-hybridized carbons (Fsp3) is 0.679. The Labute approximate surface area is 184 Å². The number of benzene rings is 1. The van der Waals surface area contributed by atoms with Gasteiger partial charge in [0, 0.05) is 5.92 Å². The predicted molar refractivity (Wildman–Crippen MR) is 128 cm³/mol. The van der Waals surface area contributed by atoms with Gasteiger partial charge in [0.2, 0.25) is 0 Å². The number of rotatable bonds is 3. The third-order valence-corrected chi connectivity index (χ3v) is 7.89. The van der Waals surface area contributed by atoms with Gasteiger partial charge < -0.3 is 4.98 Å². The van der Waals surface area contributed by atoms with Crippen LogP contribution < -0.4 is 0 Å². The summed E-state index contributed by atoms with van der Waals surface area (Å²) >= 11 is 0. The van der Waals surface area contributed by atoms with E-state index in [-0.39, 0.29) is 0 Å². The molecule has 2 unspecified atom stereocenters. The number of aromatic nitrogens is 2. The van der Waals surface area contributed by atoms with Crippen molar-refractivity contribution in [3.63, 3.8) is 0 Å². The monoisotopic (exact) mass is 406 g/mol. The van der Waals surface area contributed by atoms with Crippen LogP contribution in [-0.4, -0.2) is 9.97 Å². The molecular weight excluding hydrogens is 364 g/mol. The largest absolute Gasteiger partial charge is 0.342 e. The molecule has 2 saturated carbocycles. The lowest BCUT2D eigenvalue weighted by Gasteiger charge is -2.28. The summed E-state index contributed by atoms with van der Waals surface area (Å²) in [6, 6.07) is 10.6. The van der Waals surface area contributed by atoms with Gasteiger partial charge in [-0.2, -0.15) is 0 Å². The Bertz CT molecular complexity index is 709. The van der Waals surface area contributed by atoms with Crippen molar-refractivity contribution in [3.8, 4) is 11.3 Å². The third kappa shape index (κ3) is 6.22. The number of hydrogen-bond acceptors (Lipinski definition) is 1. The Kier molecular flexibility index (Phi) is 8.46. The summed E-state index contributed by atoms with van der Waals surface area (Å²) in [5.41, 5.74) is 2.42. The number of aromatic amines is 1. The predicted octanol–water partition coefficient (Wildman–Crippen LogP) is 8.66. The quantitative estimate of drug-likeness (QED) is 0.542. The van der Waals surface area contributed by atoms with Gasteiger partial charge >= 0.3 is 0 Å². The standard InChI is InChI=1S/C28H42N2/c1-2-4-7-14-23(15-8-5-3-1)24-16-11-12-19-26(21-13-20-24)28-29-22-27(30-28)25-17-9-6-10-18-25/h6,9-10,17-18,22-24,26H,1-5,7-8,11-16,19-21H2,(H,29,30). The molecule has 164 valence electrons. The van der Waals surface area contributed by atoms with Crippen molar-refractivity contribution < 1.29 is 0 Å². The molecule has 2 heteroatoms. The zero-order valence-electron chi connectivity index (χ0n) is 19.0. The SMILES string of the molecule is c1ccc(-c2cnc(C3CCCCC(C4CCCCCCCCC4)CCC3)[nH]2)cc1. The van der Waals surface area contributed by atoms with Crippen LogP contribution in [0.15, 0.2) is 36.5 Å². The molecule has 1 N–H and O–H groups in total. The smallest absolute Gasteiger partial charge is 0.109 e. The Morgan fingerprint density at radius 1 is 0.600 bits per heavy atom. The highest BCUT2D eigenvalue weighted by molar-refractivity contribution is 5.58. The number of H-pyrrole nitrogens is 1. The van der Waals surface area contributed by atoms with E-state index in [0.29, 0.717) is 5.92 Å². The normalized spacial score (nSPS) is 25.7. The summed E-state index contributed by atoms with van der Waals surface area (Å²) in [6.07, 6.45) is 25.1. The van der Waals surface area contributed by atoms with E-state index in [4.69, 9.17) is 4.98 Å². The van der Waals surface area contributed by atoms with Gasteiger partial charge in [-0.3, -0.25) is 0 Å². The highest BCUT2D eigenvalue weighted by Crippen LogP contribution is 2.37. The van der Waals surface area contributed by atoms with E-state index < -0.39 is 0 Å². The Hall–Kier alpha value is -1.57. The van der Waals surface area contributed by atoms with E-state index in [0.717, 1.165) is 11.8 Å². The Morgan fingerprint density at radius 3 is 1.83 bits per heavy atom. The molecule has 2 aromatic rings. The van der Waals surface area contributed by atoms with Gasteiger partial charge in [0.25, 0.3) is 0 Å². The van der Waals surface area contributed by atoms with Gasteiger partial charge in [0.15, 0.2) is 0 Å². The van der Waals surface area contributed by atoms with Crippen LogP contribution in [0.3, 0.4) is 0 Å². The molecule has 0 saturated heterocycles. The molecule has 2 aliphatic carbocycles. The highest BCUT2D eigenvalue weighted by atomic mass is 14.9. The number of hydrogen-bond donors (Lipinski definition) is 1. The van der Waals surface area contributed by atoms with Gasteiger partial charge in [0.1, 0.15) is 5.82 Å². The second-order valence-corrected chi connectivity index (χ2v) is 10.0. The molecule has 30 heavy (non-hydrogen) atoms. The highest BCUT2D eigenvalue weighted by Gasteiger charge is 2.24. The molecule has 1 heterocycles. The Morgan fingerprint density at radius 2 is 1.13 bits per heavy atom. The van der Waals surface area contributed by atoms with Crippen LogP contribution in [0.5, 0.6) is 0 Å². The fourth-order valence-corrected chi connectivity index (χ4v) is 6.08. The number of imidazole rings is 1. The van der Waals surface area contributed by atoms with Gasteiger partial charge in [-0.05, 0) is 30.2 Å². The minimum absolute atomic E-state index is 0.616. The van der Waals surface area contributed by atoms with Crippen molar-refractivity contribution in [2.24, 2.45) is 11.8 Å². The summed E-state index contributed by atoms with van der Waals surface area (Å²) in [6.45, 7) is 0. The van der Waals surface area contributed by atoms with Gasteiger partial charge in [-0.25, -0.2) is 4.98 Å². The number of nitrogens with zero attached hydrogens (tertiary/aromatic N) is 1. The molecular formula is C28H42N2. The maximum atomic E-state index is 4.81. The van der Waals surface area contributed by atoms with E-state index in [9.17, 15) is 0 Å². The summed E-state index contributed by atoms with van der Waals surface area (Å²) in [4.78, 5) is 8.47. The van der Waals surface area contributed by atoms with Crippen molar-refractivity contribution in [1.82, 2.24) is 9.97 Å². The molecule has 0 bridgehead atoms. The number of nitrogens with one attached hydrogen (secondary N) is 1. The molecule has 0 spiro atoms. The summed E-state index contributed by atoms with van der Waals surface area (Å²) in [5, 5.41) is 0. The average molecular weight is 407 g/mol. The first kappa shape index (κ1) is 21.7. The summed E-state index contributed by atoms with van der Waals surface area (Å²) in [5.74, 6) is 3.84. The zero-order valence-corrected chi connectivity index (χ0v) is 19.0. The molecule has 2 atom stereocenters. The van der Waals surface area contributed by atoms with Gasteiger partial charge in [-0.15, -0.1) is 0 Å². The molecule has 0 radical (unpaired) electrons. The van der Waals surface area contributed by atoms with Crippen LogP contribution in [-0.2, 0) is 0 Å². The van der Waals surface area contributed by atoms with Gasteiger partial charge in [-0.1, -0.05) is 120 Å². The van der Waals surface area contributed by atoms with Crippen molar-refractivity contribution >= 4 is 0 Å². The molecule has 1 aromatic carbocycles. The first-order valence-electron chi connectivity index (χ1n) is 13.0. The lowest BCUT2D eigenvalue weighted by molar-refractivity contribution is 0.238. The topological polar surface area (TPSA) is 28.7 Å².